The molecule has 1 rings (SSSR count). The first-order valence-corrected chi connectivity index (χ1v) is 5.15. The van der Waals surface area contributed by atoms with Crippen molar-refractivity contribution in [3.63, 3.8) is 0 Å². The van der Waals surface area contributed by atoms with Crippen LogP contribution in [-0.4, -0.2) is 47.7 Å². The molecule has 4 nitrogen and oxygen atoms in total. The molecular weight excluding hydrogens is 180 g/mol. The summed E-state index contributed by atoms with van der Waals surface area (Å²) in [5.41, 5.74) is 0.0141. The lowest BCUT2D eigenvalue weighted by Gasteiger charge is -2.28. The van der Waals surface area contributed by atoms with Crippen LogP contribution < -0.4 is 5.32 Å². The molecule has 1 aliphatic heterocycles. The van der Waals surface area contributed by atoms with Crippen LogP contribution >= 0.6 is 0 Å². The molecule has 1 atom stereocenters. The van der Waals surface area contributed by atoms with E-state index in [9.17, 15) is 4.79 Å². The van der Waals surface area contributed by atoms with E-state index in [0.29, 0.717) is 13.1 Å². The van der Waals surface area contributed by atoms with E-state index >= 15 is 0 Å². The molecule has 1 saturated heterocycles. The first-order chi connectivity index (χ1) is 6.44. The lowest BCUT2D eigenvalue weighted by atomic mass is 10.1. The van der Waals surface area contributed by atoms with Gasteiger partial charge in [-0.25, -0.2) is 0 Å². The molecule has 0 radical (unpaired) electrons. The van der Waals surface area contributed by atoms with Gasteiger partial charge in [-0.1, -0.05) is 6.92 Å². The van der Waals surface area contributed by atoms with Crippen LogP contribution in [0, 0.1) is 5.92 Å². The number of rotatable bonds is 2. The van der Waals surface area contributed by atoms with Crippen molar-refractivity contribution in [2.75, 3.05) is 26.2 Å². The van der Waals surface area contributed by atoms with Crippen molar-refractivity contribution >= 4 is 5.97 Å². The van der Waals surface area contributed by atoms with Crippen LogP contribution in [0.4, 0.5) is 0 Å². The fourth-order valence-corrected chi connectivity index (χ4v) is 1.86. The number of aliphatic carboxylic acids is 1. The summed E-state index contributed by atoms with van der Waals surface area (Å²) in [6.07, 6.45) is 0. The van der Waals surface area contributed by atoms with E-state index in [2.05, 4.69) is 31.0 Å². The molecule has 1 unspecified atom stereocenters. The van der Waals surface area contributed by atoms with Crippen molar-refractivity contribution in [1.82, 2.24) is 10.2 Å². The summed E-state index contributed by atoms with van der Waals surface area (Å²) in [5, 5.41) is 12.3. The van der Waals surface area contributed by atoms with Crippen LogP contribution in [0.15, 0.2) is 0 Å². The summed E-state index contributed by atoms with van der Waals surface area (Å²) < 4.78 is 0. The third-order valence-electron chi connectivity index (χ3n) is 2.72. The largest absolute Gasteiger partial charge is 0.481 e. The van der Waals surface area contributed by atoms with E-state index in [1.165, 1.54) is 0 Å². The zero-order valence-electron chi connectivity index (χ0n) is 9.21. The maximum atomic E-state index is 10.9. The summed E-state index contributed by atoms with van der Waals surface area (Å²) in [6, 6.07) is 0. The molecule has 0 aromatic carbocycles. The van der Waals surface area contributed by atoms with Crippen LogP contribution in [0.1, 0.15) is 20.8 Å². The van der Waals surface area contributed by atoms with Gasteiger partial charge in [0.1, 0.15) is 0 Å². The number of carboxylic acids is 1. The number of likely N-dealkylation sites (N-methyl/N-ethyl adjacent to an activating group) is 1. The van der Waals surface area contributed by atoms with Crippen LogP contribution in [0.25, 0.3) is 0 Å². The van der Waals surface area contributed by atoms with Crippen LogP contribution in [0.5, 0.6) is 0 Å². The zero-order valence-corrected chi connectivity index (χ0v) is 9.21. The third-order valence-corrected chi connectivity index (χ3v) is 2.72. The standard InChI is InChI=1S/C10H20N2O2/c1-4-12-6-8(9(13)14)5-11-10(2,3)7-12/h8,11H,4-7H2,1-3H3,(H,13,14). The molecule has 1 aliphatic rings. The van der Waals surface area contributed by atoms with Crippen molar-refractivity contribution < 1.29 is 9.90 Å². The van der Waals surface area contributed by atoms with E-state index in [1.807, 2.05) is 0 Å². The minimum absolute atomic E-state index is 0.0141. The normalized spacial score (nSPS) is 28.4. The topological polar surface area (TPSA) is 52.6 Å². The van der Waals surface area contributed by atoms with Crippen molar-refractivity contribution in [2.24, 2.45) is 5.92 Å². The maximum Gasteiger partial charge on any atom is 0.309 e. The molecule has 0 spiro atoms. The molecule has 0 bridgehead atoms. The van der Waals surface area contributed by atoms with E-state index in [1.54, 1.807) is 0 Å². The lowest BCUT2D eigenvalue weighted by Crippen LogP contribution is -2.46. The molecule has 0 aromatic rings. The number of hydrogen-bond acceptors (Lipinski definition) is 3. The summed E-state index contributed by atoms with van der Waals surface area (Å²) in [5.74, 6) is -0.981. The minimum atomic E-state index is -0.700. The second-order valence-corrected chi connectivity index (χ2v) is 4.63. The zero-order chi connectivity index (χ0) is 10.8. The fraction of sp³-hybridized carbons (Fsp3) is 0.900. The first-order valence-electron chi connectivity index (χ1n) is 5.15. The van der Waals surface area contributed by atoms with Gasteiger partial charge in [0.15, 0.2) is 0 Å². The van der Waals surface area contributed by atoms with Gasteiger partial charge >= 0.3 is 5.97 Å². The maximum absolute atomic E-state index is 10.9. The van der Waals surface area contributed by atoms with Gasteiger partial charge in [-0.2, -0.15) is 0 Å². The Labute approximate surface area is 85.3 Å². The highest BCUT2D eigenvalue weighted by Crippen LogP contribution is 2.13. The SMILES string of the molecule is CCN1CC(C(=O)O)CNC(C)(C)C1. The Morgan fingerprint density at radius 2 is 2.29 bits per heavy atom. The van der Waals surface area contributed by atoms with Crippen LogP contribution in [-0.2, 0) is 4.79 Å². The van der Waals surface area contributed by atoms with Crippen molar-refractivity contribution in [1.29, 1.82) is 0 Å². The molecule has 1 heterocycles. The highest BCUT2D eigenvalue weighted by molar-refractivity contribution is 5.70. The first kappa shape index (κ1) is 11.5. The average molecular weight is 200 g/mol. The van der Waals surface area contributed by atoms with Crippen LogP contribution in [0.3, 0.4) is 0 Å². The Morgan fingerprint density at radius 1 is 1.64 bits per heavy atom. The van der Waals surface area contributed by atoms with Gasteiger partial charge in [0.05, 0.1) is 5.92 Å². The molecule has 0 saturated carbocycles. The van der Waals surface area contributed by atoms with Crippen molar-refractivity contribution in [2.45, 2.75) is 26.3 Å². The quantitative estimate of drug-likeness (QED) is 0.677. The summed E-state index contributed by atoms with van der Waals surface area (Å²) in [4.78, 5) is 13.1. The lowest BCUT2D eigenvalue weighted by molar-refractivity contribution is -0.141. The molecule has 14 heavy (non-hydrogen) atoms. The Hall–Kier alpha value is -0.610. The second kappa shape index (κ2) is 4.28. The number of carboxylic acid groups (broad SMARTS) is 1. The number of nitrogens with zero attached hydrogens (tertiary/aromatic N) is 1. The number of carbonyl (C=O) groups is 1. The Balaban J connectivity index is 2.68. The molecular formula is C10H20N2O2. The molecule has 2 N–H and O–H groups in total. The van der Waals surface area contributed by atoms with E-state index in [4.69, 9.17) is 5.11 Å². The minimum Gasteiger partial charge on any atom is -0.481 e. The van der Waals surface area contributed by atoms with Gasteiger partial charge in [-0.15, -0.1) is 0 Å². The fourth-order valence-electron chi connectivity index (χ4n) is 1.86. The number of nitrogens with one attached hydrogen (secondary N) is 1. The Bertz CT molecular complexity index is 216. The highest BCUT2D eigenvalue weighted by atomic mass is 16.4. The van der Waals surface area contributed by atoms with Gasteiger partial charge < -0.3 is 15.3 Å². The molecule has 0 amide bonds. The average Bonchev–Trinajstić information content (AvgIpc) is 2.23. The summed E-state index contributed by atoms with van der Waals surface area (Å²) in [7, 11) is 0. The molecule has 1 fully saturated rings. The number of hydrogen-bond donors (Lipinski definition) is 2. The summed E-state index contributed by atoms with van der Waals surface area (Å²) in [6.45, 7) is 9.34. The van der Waals surface area contributed by atoms with E-state index < -0.39 is 5.97 Å². The molecule has 0 aromatic heterocycles. The monoisotopic (exact) mass is 200 g/mol. The second-order valence-electron chi connectivity index (χ2n) is 4.63. The van der Waals surface area contributed by atoms with E-state index in [0.717, 1.165) is 13.1 Å². The van der Waals surface area contributed by atoms with Gasteiger partial charge in [0.2, 0.25) is 0 Å². The van der Waals surface area contributed by atoms with Gasteiger partial charge in [-0.05, 0) is 20.4 Å². The molecule has 82 valence electrons. The van der Waals surface area contributed by atoms with Crippen molar-refractivity contribution in [3.05, 3.63) is 0 Å². The van der Waals surface area contributed by atoms with E-state index in [-0.39, 0.29) is 11.5 Å². The summed E-state index contributed by atoms with van der Waals surface area (Å²) >= 11 is 0. The third kappa shape index (κ3) is 2.96. The van der Waals surface area contributed by atoms with Crippen molar-refractivity contribution in [3.8, 4) is 0 Å². The van der Waals surface area contributed by atoms with Crippen LogP contribution in [0.2, 0.25) is 0 Å². The van der Waals surface area contributed by atoms with Gasteiger partial charge in [0, 0.05) is 25.2 Å². The highest BCUT2D eigenvalue weighted by Gasteiger charge is 2.30. The predicted octanol–water partition coefficient (Wildman–Crippen LogP) is 0.391. The Morgan fingerprint density at radius 3 is 2.79 bits per heavy atom. The van der Waals surface area contributed by atoms with Gasteiger partial charge in [-0.3, -0.25) is 4.79 Å². The van der Waals surface area contributed by atoms with Gasteiger partial charge in [0.25, 0.3) is 0 Å². The Kier molecular flexibility index (Phi) is 3.50. The molecule has 4 heteroatoms. The molecule has 0 aliphatic carbocycles. The smallest absolute Gasteiger partial charge is 0.309 e. The predicted molar refractivity (Wildman–Crippen MR) is 55.3 cm³/mol.